The molecule has 1 nitrogen and oxygen atoms in total. The predicted octanol–water partition coefficient (Wildman–Crippen LogP) is 3.84. The minimum atomic E-state index is -0.131. The molecule has 0 spiro atoms. The van der Waals surface area contributed by atoms with Crippen LogP contribution in [0.25, 0.3) is 0 Å². The van der Waals surface area contributed by atoms with Gasteiger partial charge in [0.05, 0.1) is 0 Å². The highest BCUT2D eigenvalue weighted by atomic mass is 19.1. The molecule has 0 amide bonds. The van der Waals surface area contributed by atoms with Gasteiger partial charge in [0.1, 0.15) is 5.82 Å². The summed E-state index contributed by atoms with van der Waals surface area (Å²) in [5, 5.41) is 0. The van der Waals surface area contributed by atoms with Crippen LogP contribution in [0, 0.1) is 11.7 Å². The van der Waals surface area contributed by atoms with E-state index < -0.39 is 0 Å². The molecule has 0 aliphatic heterocycles. The molecule has 0 radical (unpaired) electrons. The van der Waals surface area contributed by atoms with Crippen molar-refractivity contribution in [1.29, 1.82) is 0 Å². The predicted molar refractivity (Wildman–Crippen MR) is 69.3 cm³/mol. The SMILES string of the molecule is CC1CCC(N(C)Cc2cccc(F)c2)CC1. The minimum absolute atomic E-state index is 0.131. The second-order valence-electron chi connectivity index (χ2n) is 5.46. The van der Waals surface area contributed by atoms with Crippen LogP contribution in [0.3, 0.4) is 0 Å². The van der Waals surface area contributed by atoms with E-state index in [1.165, 1.54) is 31.7 Å². The number of nitrogens with zero attached hydrogens (tertiary/aromatic N) is 1. The summed E-state index contributed by atoms with van der Waals surface area (Å²) in [5.41, 5.74) is 1.08. The second kappa shape index (κ2) is 5.63. The van der Waals surface area contributed by atoms with Crippen LogP contribution in [-0.2, 0) is 6.54 Å². The molecule has 1 saturated carbocycles. The molecule has 0 N–H and O–H groups in total. The van der Waals surface area contributed by atoms with Crippen LogP contribution in [0.1, 0.15) is 38.2 Å². The summed E-state index contributed by atoms with van der Waals surface area (Å²) in [6.07, 6.45) is 5.23. The van der Waals surface area contributed by atoms with Crippen LogP contribution in [-0.4, -0.2) is 18.0 Å². The van der Waals surface area contributed by atoms with Crippen molar-refractivity contribution in [1.82, 2.24) is 4.90 Å². The molecule has 2 rings (SSSR count). The van der Waals surface area contributed by atoms with Gasteiger partial charge in [-0.25, -0.2) is 4.39 Å². The Morgan fingerprint density at radius 2 is 1.94 bits per heavy atom. The molecule has 2 heteroatoms. The molecular weight excluding hydrogens is 213 g/mol. The van der Waals surface area contributed by atoms with Crippen molar-refractivity contribution in [2.45, 2.75) is 45.2 Å². The standard InChI is InChI=1S/C15H22FN/c1-12-6-8-15(9-7-12)17(2)11-13-4-3-5-14(16)10-13/h3-5,10,12,15H,6-9,11H2,1-2H3. The molecule has 1 aliphatic carbocycles. The van der Waals surface area contributed by atoms with E-state index in [0.29, 0.717) is 6.04 Å². The summed E-state index contributed by atoms with van der Waals surface area (Å²) >= 11 is 0. The lowest BCUT2D eigenvalue weighted by molar-refractivity contribution is 0.164. The zero-order valence-electron chi connectivity index (χ0n) is 10.8. The average Bonchev–Trinajstić information content (AvgIpc) is 2.29. The van der Waals surface area contributed by atoms with Gasteiger partial charge in [-0.05, 0) is 56.3 Å². The van der Waals surface area contributed by atoms with Crippen molar-refractivity contribution >= 4 is 0 Å². The molecule has 1 aromatic carbocycles. The molecule has 94 valence electrons. The van der Waals surface area contributed by atoms with Crippen molar-refractivity contribution in [2.75, 3.05) is 7.05 Å². The van der Waals surface area contributed by atoms with Crippen molar-refractivity contribution in [3.05, 3.63) is 35.6 Å². The van der Waals surface area contributed by atoms with Crippen LogP contribution in [0.15, 0.2) is 24.3 Å². The third kappa shape index (κ3) is 3.53. The normalized spacial score (nSPS) is 25.2. The van der Waals surface area contributed by atoms with Gasteiger partial charge in [-0.15, -0.1) is 0 Å². The Morgan fingerprint density at radius 3 is 2.59 bits per heavy atom. The van der Waals surface area contributed by atoms with Crippen molar-refractivity contribution in [3.63, 3.8) is 0 Å². The van der Waals surface area contributed by atoms with Gasteiger partial charge in [0.25, 0.3) is 0 Å². The van der Waals surface area contributed by atoms with E-state index in [4.69, 9.17) is 0 Å². The molecule has 1 aromatic rings. The maximum atomic E-state index is 13.1. The largest absolute Gasteiger partial charge is 0.299 e. The Labute approximate surface area is 104 Å². The molecule has 0 bridgehead atoms. The highest BCUT2D eigenvalue weighted by molar-refractivity contribution is 5.16. The minimum Gasteiger partial charge on any atom is -0.299 e. The smallest absolute Gasteiger partial charge is 0.123 e. The number of benzene rings is 1. The maximum absolute atomic E-state index is 13.1. The van der Waals surface area contributed by atoms with Crippen LogP contribution in [0.5, 0.6) is 0 Å². The Hall–Kier alpha value is -0.890. The van der Waals surface area contributed by atoms with E-state index >= 15 is 0 Å². The second-order valence-corrected chi connectivity index (χ2v) is 5.46. The molecule has 0 saturated heterocycles. The van der Waals surface area contributed by atoms with Gasteiger partial charge in [-0.3, -0.25) is 4.90 Å². The molecule has 0 aromatic heterocycles. The lowest BCUT2D eigenvalue weighted by atomic mass is 9.86. The first-order chi connectivity index (χ1) is 8.15. The third-order valence-corrected chi connectivity index (χ3v) is 3.93. The van der Waals surface area contributed by atoms with E-state index in [-0.39, 0.29) is 5.82 Å². The average molecular weight is 235 g/mol. The summed E-state index contributed by atoms with van der Waals surface area (Å²) in [6, 6.07) is 7.62. The fourth-order valence-electron chi connectivity index (χ4n) is 2.74. The molecular formula is C15H22FN. The van der Waals surface area contributed by atoms with Gasteiger partial charge < -0.3 is 0 Å². The molecule has 17 heavy (non-hydrogen) atoms. The highest BCUT2D eigenvalue weighted by Gasteiger charge is 2.21. The molecule has 0 heterocycles. The molecule has 1 aliphatic rings. The third-order valence-electron chi connectivity index (χ3n) is 3.93. The van der Waals surface area contributed by atoms with Crippen LogP contribution in [0.2, 0.25) is 0 Å². The fourth-order valence-corrected chi connectivity index (χ4v) is 2.74. The summed E-state index contributed by atoms with van der Waals surface area (Å²) < 4.78 is 13.1. The van der Waals surface area contributed by atoms with Crippen molar-refractivity contribution in [2.24, 2.45) is 5.92 Å². The van der Waals surface area contributed by atoms with Gasteiger partial charge in [-0.1, -0.05) is 19.1 Å². The quantitative estimate of drug-likeness (QED) is 0.769. The van der Waals surface area contributed by atoms with Crippen LogP contribution in [0.4, 0.5) is 4.39 Å². The lowest BCUT2D eigenvalue weighted by Crippen LogP contribution is -2.34. The maximum Gasteiger partial charge on any atom is 0.123 e. The first kappa shape index (κ1) is 12.6. The molecule has 0 atom stereocenters. The van der Waals surface area contributed by atoms with Crippen LogP contribution < -0.4 is 0 Å². The lowest BCUT2D eigenvalue weighted by Gasteiger charge is -2.33. The Balaban J connectivity index is 1.90. The first-order valence-electron chi connectivity index (χ1n) is 6.60. The highest BCUT2D eigenvalue weighted by Crippen LogP contribution is 2.27. The van der Waals surface area contributed by atoms with Crippen molar-refractivity contribution in [3.8, 4) is 0 Å². The summed E-state index contributed by atoms with van der Waals surface area (Å²) in [6.45, 7) is 3.19. The number of rotatable bonds is 3. The zero-order valence-corrected chi connectivity index (χ0v) is 10.8. The Morgan fingerprint density at radius 1 is 1.24 bits per heavy atom. The molecule has 1 fully saturated rings. The van der Waals surface area contributed by atoms with E-state index in [9.17, 15) is 4.39 Å². The topological polar surface area (TPSA) is 3.24 Å². The van der Waals surface area contributed by atoms with E-state index in [2.05, 4.69) is 18.9 Å². The number of hydrogen-bond acceptors (Lipinski definition) is 1. The van der Waals surface area contributed by atoms with E-state index in [1.807, 2.05) is 6.07 Å². The summed E-state index contributed by atoms with van der Waals surface area (Å²) in [5.74, 6) is 0.752. The molecule has 0 unspecified atom stereocenters. The van der Waals surface area contributed by atoms with Gasteiger partial charge in [0.2, 0.25) is 0 Å². The van der Waals surface area contributed by atoms with Crippen molar-refractivity contribution < 1.29 is 4.39 Å². The first-order valence-corrected chi connectivity index (χ1v) is 6.60. The summed E-state index contributed by atoms with van der Waals surface area (Å²) in [4.78, 5) is 2.38. The Kier molecular flexibility index (Phi) is 4.16. The van der Waals surface area contributed by atoms with Gasteiger partial charge >= 0.3 is 0 Å². The van der Waals surface area contributed by atoms with Crippen LogP contribution >= 0.6 is 0 Å². The van der Waals surface area contributed by atoms with Gasteiger partial charge in [0.15, 0.2) is 0 Å². The summed E-state index contributed by atoms with van der Waals surface area (Å²) in [7, 11) is 2.16. The van der Waals surface area contributed by atoms with E-state index in [0.717, 1.165) is 18.0 Å². The Bertz CT molecular complexity index is 356. The zero-order chi connectivity index (χ0) is 12.3. The number of hydrogen-bond donors (Lipinski definition) is 0. The van der Waals surface area contributed by atoms with Gasteiger partial charge in [0, 0.05) is 12.6 Å². The number of halogens is 1. The van der Waals surface area contributed by atoms with E-state index in [1.54, 1.807) is 12.1 Å². The monoisotopic (exact) mass is 235 g/mol. The fraction of sp³-hybridized carbons (Fsp3) is 0.600. The van der Waals surface area contributed by atoms with Gasteiger partial charge in [-0.2, -0.15) is 0 Å².